The molecule has 30 heteroatoms. The lowest BCUT2D eigenvalue weighted by atomic mass is 10.0. The minimum absolute atomic E-state index is 0.00405. The molecule has 0 spiro atoms. The second-order valence-electron chi connectivity index (χ2n) is 24.1. The Morgan fingerprint density at radius 1 is 0.472 bits per heavy atom. The highest BCUT2D eigenvalue weighted by molar-refractivity contribution is 9.11. The second kappa shape index (κ2) is 44.2. The monoisotopic (exact) mass is 1860 g/mol. The van der Waals surface area contributed by atoms with Crippen molar-refractivity contribution in [3.8, 4) is 34.5 Å². The lowest BCUT2D eigenvalue weighted by Gasteiger charge is -2.26. The molecule has 5 aliphatic heterocycles. The van der Waals surface area contributed by atoms with Gasteiger partial charge in [-0.15, -0.1) is 0 Å². The first kappa shape index (κ1) is 84.2. The predicted octanol–water partition coefficient (Wildman–Crippen LogP) is 16.4. The molecule has 566 valence electrons. The second-order valence-corrected chi connectivity index (χ2v) is 29.6. The summed E-state index contributed by atoms with van der Waals surface area (Å²) in [5.74, 6) is 4.24. The molecule has 0 aromatic heterocycles. The highest BCUT2D eigenvalue weighted by atomic mass is 79.9. The topological polar surface area (TPSA) is 337 Å². The number of benzene rings is 9. The zero-order valence-corrected chi connectivity index (χ0v) is 67.2. The molecule has 0 bridgehead atoms. The van der Waals surface area contributed by atoms with Crippen LogP contribution in [0.4, 0.5) is 14.4 Å². The van der Waals surface area contributed by atoms with Crippen LogP contribution in [0.25, 0.3) is 6.08 Å². The fourth-order valence-corrected chi connectivity index (χ4v) is 12.5. The number of hydrogen-bond donors (Lipinski definition) is 6. The molecule has 108 heavy (non-hydrogen) atoms. The average molecular weight is 1860 g/mol. The lowest BCUT2D eigenvalue weighted by molar-refractivity contribution is -0.477. The fraction of sp³-hybridized carbons (Fsp3) is 0.231. The van der Waals surface area contributed by atoms with E-state index < -0.39 is 28.1 Å². The SMILES string of the molecule is NC1COc2cc(Br)ccc2C1.NCC[N+](=O)[O-].O=C(NC1COc2cc(Br)ccc2C1)OCc1ccccc1.O=C(N[C@@H]1COc2cc(Br)ccc2C1)OCc1ccccc1.O=C(N[C@H]1COc2cc(Br)ccc2C1)OCc1ccccc1.O=Cc1ccc(Br)cc1O.O=[N+]([O-])C1=Cc2ccc(Br)cc2OC1. The summed E-state index contributed by atoms with van der Waals surface area (Å²) >= 11 is 20.1. The van der Waals surface area contributed by atoms with Crippen molar-refractivity contribution in [2.45, 2.75) is 69.7 Å². The van der Waals surface area contributed by atoms with Crippen molar-refractivity contribution in [2.24, 2.45) is 11.5 Å². The predicted molar refractivity (Wildman–Crippen MR) is 429 cm³/mol. The van der Waals surface area contributed by atoms with E-state index in [9.17, 15) is 39.4 Å². The number of carbonyl (C=O) groups is 4. The summed E-state index contributed by atoms with van der Waals surface area (Å²) < 4.78 is 49.1. The summed E-state index contributed by atoms with van der Waals surface area (Å²) in [5, 5.41) is 37.4. The zero-order chi connectivity index (χ0) is 77.3. The van der Waals surface area contributed by atoms with E-state index in [1.54, 1.807) is 24.3 Å². The van der Waals surface area contributed by atoms with Crippen molar-refractivity contribution >= 4 is 126 Å². The number of fused-ring (bicyclic) bond motifs is 5. The molecule has 5 aliphatic rings. The van der Waals surface area contributed by atoms with E-state index in [0.717, 1.165) is 114 Å². The summed E-state index contributed by atoms with van der Waals surface area (Å²) in [4.78, 5) is 64.7. The number of nitrogens with zero attached hydrogens (tertiary/aromatic N) is 2. The molecule has 14 rings (SSSR count). The van der Waals surface area contributed by atoms with Gasteiger partial charge in [-0.2, -0.15) is 0 Å². The van der Waals surface area contributed by atoms with Crippen LogP contribution in [-0.2, 0) is 59.7 Å². The number of nitrogens with two attached hydrogens (primary N) is 2. The first-order valence-electron chi connectivity index (χ1n) is 33.4. The molecular formula is C78H75Br6N7O17. The first-order valence-corrected chi connectivity index (χ1v) is 38.2. The minimum Gasteiger partial charge on any atom is -0.507 e. The normalized spacial score (nSPS) is 15.5. The third kappa shape index (κ3) is 29.3. The molecular weight excluding hydrogens is 1790 g/mol. The molecule has 8 N–H and O–H groups in total. The number of nitro groups is 2. The molecule has 0 saturated carbocycles. The van der Waals surface area contributed by atoms with Gasteiger partial charge in [0, 0.05) is 49.4 Å². The molecule has 9 aromatic rings. The number of aromatic hydroxyl groups is 1. The van der Waals surface area contributed by atoms with Crippen LogP contribution in [0.3, 0.4) is 0 Å². The number of alkyl carbamates (subject to hydrolysis) is 3. The Bertz CT molecular complexity index is 4240. The highest BCUT2D eigenvalue weighted by Gasteiger charge is 2.26. The lowest BCUT2D eigenvalue weighted by Crippen LogP contribution is -2.42. The van der Waals surface area contributed by atoms with E-state index in [1.807, 2.05) is 164 Å². The number of halogens is 6. The summed E-state index contributed by atoms with van der Waals surface area (Å²) in [5.41, 5.74) is 19.0. The number of ether oxygens (including phenoxy) is 8. The van der Waals surface area contributed by atoms with Crippen LogP contribution in [0, 0.1) is 20.2 Å². The summed E-state index contributed by atoms with van der Waals surface area (Å²) in [6.07, 6.45) is 4.03. The van der Waals surface area contributed by atoms with Gasteiger partial charge in [0.25, 0.3) is 5.70 Å². The molecule has 3 amide bonds. The maximum absolute atomic E-state index is 11.9. The van der Waals surface area contributed by atoms with E-state index in [1.165, 1.54) is 17.7 Å². The van der Waals surface area contributed by atoms with E-state index in [2.05, 4.69) is 118 Å². The molecule has 5 heterocycles. The molecule has 0 radical (unpaired) electrons. The third-order valence-electron chi connectivity index (χ3n) is 15.7. The summed E-state index contributed by atoms with van der Waals surface area (Å²) in [6, 6.07) is 62.7. The van der Waals surface area contributed by atoms with Crippen molar-refractivity contribution in [1.29, 1.82) is 0 Å². The Morgan fingerprint density at radius 2 is 0.815 bits per heavy atom. The number of amides is 3. The summed E-state index contributed by atoms with van der Waals surface area (Å²) in [7, 11) is 0. The molecule has 0 aliphatic carbocycles. The van der Waals surface area contributed by atoms with Gasteiger partial charge in [0.05, 0.1) is 35.2 Å². The van der Waals surface area contributed by atoms with E-state index >= 15 is 0 Å². The Labute approximate surface area is 673 Å². The van der Waals surface area contributed by atoms with E-state index in [4.69, 9.17) is 54.5 Å². The van der Waals surface area contributed by atoms with Gasteiger partial charge >= 0.3 is 18.3 Å². The van der Waals surface area contributed by atoms with Gasteiger partial charge < -0.3 is 70.4 Å². The van der Waals surface area contributed by atoms with E-state index in [0.29, 0.717) is 44.0 Å². The fourth-order valence-electron chi connectivity index (χ4n) is 10.4. The van der Waals surface area contributed by atoms with Gasteiger partial charge in [0.15, 0.2) is 12.9 Å². The molecule has 24 nitrogen and oxygen atoms in total. The quantitative estimate of drug-likeness (QED) is 0.0270. The van der Waals surface area contributed by atoms with Crippen LogP contribution in [-0.4, -0.2) is 110 Å². The number of phenols is 1. The highest BCUT2D eigenvalue weighted by Crippen LogP contribution is 2.33. The maximum atomic E-state index is 11.9. The smallest absolute Gasteiger partial charge is 0.407 e. The van der Waals surface area contributed by atoms with Gasteiger partial charge in [0.2, 0.25) is 6.54 Å². The number of aldehydes is 1. The van der Waals surface area contributed by atoms with Crippen LogP contribution >= 0.6 is 95.6 Å². The van der Waals surface area contributed by atoms with Crippen molar-refractivity contribution < 1.29 is 72.0 Å². The molecule has 4 atom stereocenters. The molecule has 0 fully saturated rings. The van der Waals surface area contributed by atoms with Crippen molar-refractivity contribution in [3.63, 3.8) is 0 Å². The van der Waals surface area contributed by atoms with Crippen LogP contribution in [0.2, 0.25) is 0 Å². The van der Waals surface area contributed by atoms with Crippen molar-refractivity contribution in [2.75, 3.05) is 46.1 Å². The average Bonchev–Trinajstić information content (AvgIpc) is 0.845. The Balaban J connectivity index is 0.000000164. The number of nitrogens with one attached hydrogen (secondary N) is 3. The number of phenolic OH excluding ortho intramolecular Hbond substituents is 1. The molecule has 9 aromatic carbocycles. The van der Waals surface area contributed by atoms with Crippen LogP contribution in [0.15, 0.2) is 233 Å². The number of hydrogen-bond acceptors (Lipinski definition) is 19. The Morgan fingerprint density at radius 3 is 1.16 bits per heavy atom. The van der Waals surface area contributed by atoms with Gasteiger partial charge in [-0.05, 0) is 150 Å². The largest absolute Gasteiger partial charge is 0.507 e. The van der Waals surface area contributed by atoms with Crippen molar-refractivity contribution in [3.05, 3.63) is 303 Å². The zero-order valence-electron chi connectivity index (χ0n) is 57.7. The maximum Gasteiger partial charge on any atom is 0.407 e. The van der Waals surface area contributed by atoms with E-state index in [-0.39, 0.29) is 75.1 Å². The van der Waals surface area contributed by atoms with Gasteiger partial charge in [-0.1, -0.05) is 211 Å². The molecule has 2 unspecified atom stereocenters. The first-order chi connectivity index (χ1) is 52.0. The van der Waals surface area contributed by atoms with Crippen LogP contribution < -0.4 is 51.1 Å². The Kier molecular flexibility index (Phi) is 34.4. The van der Waals surface area contributed by atoms with Gasteiger partial charge in [0.1, 0.15) is 80.7 Å². The Hall–Kier alpha value is -9.40. The molecule has 0 saturated heterocycles. The number of rotatable bonds is 13. The van der Waals surface area contributed by atoms with Crippen LogP contribution in [0.5, 0.6) is 34.5 Å². The minimum atomic E-state index is -0.444. The standard InChI is InChI=1S/3C17H16BrNO3.C9H6BrNO3.C9H10BrNO.C7H5BrO2.C2H6N2O2/c3*18-14-7-6-13-8-15(11-21-16(13)9-14)19-17(20)22-10-12-4-2-1-3-5-12;10-7-2-1-6-3-8(11(12)13)5-14-9(6)4-7;10-7-2-1-6-3-8(11)5-12-9(6)4-7;8-6-2-1-5(4-9)7(10)3-6;3-1-2-4(5)6/h3*1-7,9,15H,8,10-11H2,(H,19,20);1-4H,5H2;1-2,4,8H,3,5,11H2;1-4,10H;1-3H2/t2*15-;;;;;/m10...../s1. The van der Waals surface area contributed by atoms with Gasteiger partial charge in [-0.3, -0.25) is 25.0 Å². The third-order valence-corrected chi connectivity index (χ3v) is 18.7. The van der Waals surface area contributed by atoms with Gasteiger partial charge in [-0.25, -0.2) is 14.4 Å². The van der Waals surface area contributed by atoms with Crippen LogP contribution in [0.1, 0.15) is 54.9 Å². The van der Waals surface area contributed by atoms with Crippen molar-refractivity contribution in [1.82, 2.24) is 16.0 Å². The number of carbonyl (C=O) groups excluding carboxylic acids is 4. The summed E-state index contributed by atoms with van der Waals surface area (Å²) in [6.45, 7) is 2.81.